The van der Waals surface area contributed by atoms with Gasteiger partial charge in [0.15, 0.2) is 5.82 Å². The first-order valence-corrected chi connectivity index (χ1v) is 9.48. The third kappa shape index (κ3) is 2.52. The number of hydrogen-bond acceptors (Lipinski definition) is 5. The number of alkyl halides is 1. The summed E-state index contributed by atoms with van der Waals surface area (Å²) in [6.45, 7) is 1.04. The van der Waals surface area contributed by atoms with Crippen LogP contribution in [0, 0.1) is 0 Å². The summed E-state index contributed by atoms with van der Waals surface area (Å²) in [6, 6.07) is 1.87. The van der Waals surface area contributed by atoms with Crippen LogP contribution in [0.5, 0.6) is 0 Å². The number of hydrogen-bond donors (Lipinski definition) is 1. The molecule has 3 aromatic heterocycles. The summed E-state index contributed by atoms with van der Waals surface area (Å²) in [5.41, 5.74) is 0.403. The number of halogens is 1. The maximum atomic E-state index is 13.7. The van der Waals surface area contributed by atoms with Gasteiger partial charge in [0, 0.05) is 37.1 Å². The molecule has 1 aliphatic heterocycles. The summed E-state index contributed by atoms with van der Waals surface area (Å²) in [5, 5.41) is 5.13. The fourth-order valence-electron chi connectivity index (χ4n) is 2.96. The van der Waals surface area contributed by atoms with Gasteiger partial charge >= 0.3 is 0 Å². The minimum absolute atomic E-state index is 0.00369. The van der Waals surface area contributed by atoms with Crippen molar-refractivity contribution in [3.05, 3.63) is 30.9 Å². The van der Waals surface area contributed by atoms with Crippen LogP contribution in [0.25, 0.3) is 22.4 Å². The molecule has 0 saturated carbocycles. The smallest absolute Gasteiger partial charge is 0.213 e. The molecule has 25 heavy (non-hydrogen) atoms. The molecule has 4 rings (SSSR count). The van der Waals surface area contributed by atoms with Gasteiger partial charge in [0.1, 0.15) is 17.9 Å². The van der Waals surface area contributed by atoms with Gasteiger partial charge in [-0.05, 0) is 13.0 Å². The third-order valence-electron chi connectivity index (χ3n) is 4.58. The molecule has 0 bridgehead atoms. The standard InChI is InChI=1S/C15H17FN6O2S/c1-2-25(23,24)21-9-15(8-16,10-21)22-7-12(6-19-22)14-18-5-11-3-4-17-13(11)20-14/h3-7H,2,8-10H2,1H3,(H,17,18,20). The lowest BCUT2D eigenvalue weighted by Gasteiger charge is -2.47. The Labute approximate surface area is 143 Å². The molecule has 0 aliphatic carbocycles. The number of aromatic amines is 1. The first-order valence-electron chi connectivity index (χ1n) is 7.87. The van der Waals surface area contributed by atoms with Gasteiger partial charge in [-0.2, -0.15) is 9.40 Å². The predicted molar refractivity (Wildman–Crippen MR) is 90.1 cm³/mol. The molecule has 8 nitrogen and oxygen atoms in total. The van der Waals surface area contributed by atoms with E-state index in [9.17, 15) is 12.8 Å². The van der Waals surface area contributed by atoms with Crippen LogP contribution < -0.4 is 0 Å². The number of nitrogens with one attached hydrogen (secondary N) is 1. The molecule has 0 amide bonds. The maximum absolute atomic E-state index is 13.7. The fraction of sp³-hybridized carbons (Fsp3) is 0.400. The van der Waals surface area contributed by atoms with Crippen molar-refractivity contribution in [3.63, 3.8) is 0 Å². The summed E-state index contributed by atoms with van der Waals surface area (Å²) in [4.78, 5) is 11.7. The summed E-state index contributed by atoms with van der Waals surface area (Å²) in [6.07, 6.45) is 6.72. The van der Waals surface area contributed by atoms with Gasteiger partial charge in [0.05, 0.1) is 17.5 Å². The summed E-state index contributed by atoms with van der Waals surface area (Å²) >= 11 is 0. The molecule has 1 fully saturated rings. The van der Waals surface area contributed by atoms with E-state index in [0.29, 0.717) is 17.0 Å². The normalized spacial score (nSPS) is 17.7. The molecule has 10 heteroatoms. The number of fused-ring (bicyclic) bond motifs is 1. The van der Waals surface area contributed by atoms with Crippen LogP contribution >= 0.6 is 0 Å². The van der Waals surface area contributed by atoms with E-state index in [4.69, 9.17) is 0 Å². The first-order chi connectivity index (χ1) is 12.0. The van der Waals surface area contributed by atoms with E-state index >= 15 is 0 Å². The van der Waals surface area contributed by atoms with Crippen LogP contribution in [0.3, 0.4) is 0 Å². The van der Waals surface area contributed by atoms with Crippen molar-refractivity contribution in [2.45, 2.75) is 12.5 Å². The van der Waals surface area contributed by atoms with Gasteiger partial charge in [0.25, 0.3) is 0 Å². The van der Waals surface area contributed by atoms with Gasteiger partial charge in [-0.3, -0.25) is 4.68 Å². The predicted octanol–water partition coefficient (Wildman–Crippen LogP) is 1.15. The molecule has 132 valence electrons. The molecule has 1 N–H and O–H groups in total. The maximum Gasteiger partial charge on any atom is 0.213 e. The molecular formula is C15H17FN6O2S. The highest BCUT2D eigenvalue weighted by Gasteiger charge is 2.50. The zero-order chi connectivity index (χ0) is 17.7. The second-order valence-corrected chi connectivity index (χ2v) is 8.43. The summed E-state index contributed by atoms with van der Waals surface area (Å²) < 4.78 is 40.3. The second-order valence-electron chi connectivity index (χ2n) is 6.18. The van der Waals surface area contributed by atoms with Crippen molar-refractivity contribution in [2.24, 2.45) is 0 Å². The van der Waals surface area contributed by atoms with Gasteiger partial charge < -0.3 is 4.98 Å². The van der Waals surface area contributed by atoms with Gasteiger partial charge in [-0.1, -0.05) is 0 Å². The summed E-state index contributed by atoms with van der Waals surface area (Å²) in [7, 11) is -3.32. The van der Waals surface area contributed by atoms with Crippen molar-refractivity contribution in [2.75, 3.05) is 25.5 Å². The summed E-state index contributed by atoms with van der Waals surface area (Å²) in [5.74, 6) is 0.483. The SMILES string of the molecule is CCS(=O)(=O)N1CC(CF)(n2cc(-c3ncc4cc[nH]c4n3)cn2)C1. The van der Waals surface area contributed by atoms with Crippen LogP contribution in [0.4, 0.5) is 4.39 Å². The fourth-order valence-corrected chi connectivity index (χ4v) is 4.20. The molecule has 0 atom stereocenters. The van der Waals surface area contributed by atoms with Crippen molar-refractivity contribution < 1.29 is 12.8 Å². The van der Waals surface area contributed by atoms with E-state index in [1.165, 1.54) is 8.99 Å². The highest BCUT2D eigenvalue weighted by atomic mass is 32.2. The number of aromatic nitrogens is 5. The van der Waals surface area contributed by atoms with Gasteiger partial charge in [0.2, 0.25) is 10.0 Å². The quantitative estimate of drug-likeness (QED) is 0.733. The van der Waals surface area contributed by atoms with E-state index in [0.717, 1.165) is 5.39 Å². The molecule has 0 radical (unpaired) electrons. The van der Waals surface area contributed by atoms with Crippen LogP contribution in [-0.4, -0.2) is 63.0 Å². The van der Waals surface area contributed by atoms with Crippen molar-refractivity contribution in [1.82, 2.24) is 29.0 Å². The molecular weight excluding hydrogens is 347 g/mol. The average Bonchev–Trinajstić information content (AvgIpc) is 3.23. The van der Waals surface area contributed by atoms with Crippen LogP contribution in [0.1, 0.15) is 6.92 Å². The monoisotopic (exact) mass is 364 g/mol. The Bertz CT molecular complexity index is 1020. The van der Waals surface area contributed by atoms with Crippen LogP contribution in [-0.2, 0) is 15.6 Å². The second kappa shape index (κ2) is 5.60. The number of nitrogens with zero attached hydrogens (tertiary/aromatic N) is 5. The lowest BCUT2D eigenvalue weighted by atomic mass is 9.94. The topological polar surface area (TPSA) is 96.8 Å². The molecule has 0 unspecified atom stereocenters. The minimum Gasteiger partial charge on any atom is -0.346 e. The van der Waals surface area contributed by atoms with Crippen LogP contribution in [0.2, 0.25) is 0 Å². The lowest BCUT2D eigenvalue weighted by molar-refractivity contribution is 0.0415. The highest BCUT2D eigenvalue weighted by molar-refractivity contribution is 7.89. The third-order valence-corrected chi connectivity index (χ3v) is 6.35. The van der Waals surface area contributed by atoms with E-state index < -0.39 is 22.2 Å². The Morgan fingerprint density at radius 3 is 2.88 bits per heavy atom. The van der Waals surface area contributed by atoms with E-state index in [1.54, 1.807) is 31.7 Å². The minimum atomic E-state index is -3.32. The molecule has 1 aliphatic rings. The Morgan fingerprint density at radius 1 is 1.36 bits per heavy atom. The molecule has 0 spiro atoms. The van der Waals surface area contributed by atoms with Gasteiger partial charge in [-0.25, -0.2) is 22.8 Å². The van der Waals surface area contributed by atoms with Crippen LogP contribution in [0.15, 0.2) is 30.9 Å². The number of H-pyrrole nitrogens is 1. The zero-order valence-electron chi connectivity index (χ0n) is 13.6. The average molecular weight is 364 g/mol. The van der Waals surface area contributed by atoms with E-state index in [1.807, 2.05) is 6.07 Å². The number of sulfonamides is 1. The molecule has 4 heterocycles. The van der Waals surface area contributed by atoms with Crippen molar-refractivity contribution in [1.29, 1.82) is 0 Å². The Balaban J connectivity index is 1.62. The largest absolute Gasteiger partial charge is 0.346 e. The molecule has 3 aromatic rings. The first kappa shape index (κ1) is 16.2. The Kier molecular flexibility index (Phi) is 3.62. The molecule has 0 aromatic carbocycles. The van der Waals surface area contributed by atoms with E-state index in [-0.39, 0.29) is 18.8 Å². The zero-order valence-corrected chi connectivity index (χ0v) is 14.4. The number of rotatable bonds is 5. The van der Waals surface area contributed by atoms with Crippen molar-refractivity contribution >= 4 is 21.1 Å². The molecule has 1 saturated heterocycles. The highest BCUT2D eigenvalue weighted by Crippen LogP contribution is 2.32. The van der Waals surface area contributed by atoms with Crippen molar-refractivity contribution in [3.8, 4) is 11.4 Å². The Hall–Kier alpha value is -2.33. The lowest BCUT2D eigenvalue weighted by Crippen LogP contribution is -2.65. The Morgan fingerprint density at radius 2 is 2.16 bits per heavy atom. The van der Waals surface area contributed by atoms with E-state index in [2.05, 4.69) is 20.1 Å². The van der Waals surface area contributed by atoms with Gasteiger partial charge in [-0.15, -0.1) is 0 Å².